The summed E-state index contributed by atoms with van der Waals surface area (Å²) in [6.07, 6.45) is 0.0282. The average molecular weight is 215 g/mol. The quantitative estimate of drug-likeness (QED) is 0.350. The van der Waals surface area contributed by atoms with Crippen molar-refractivity contribution in [3.8, 4) is 0 Å². The third-order valence-corrected chi connectivity index (χ3v) is 5.57. The first-order valence-corrected chi connectivity index (χ1v) is 5.99. The number of hydrogen-bond donors (Lipinski definition) is 4. The van der Waals surface area contributed by atoms with E-state index >= 15 is 0 Å². The molecule has 0 aliphatic carbocycles. The minimum absolute atomic E-state index is 0.0282. The number of nitrogens with one attached hydrogen (secondary N) is 1. The van der Waals surface area contributed by atoms with Gasteiger partial charge in [-0.25, -0.2) is 4.21 Å². The Kier molecular flexibility index (Phi) is 2.72. The Balaban J connectivity index is 3.03. The van der Waals surface area contributed by atoms with Gasteiger partial charge < -0.3 is 19.7 Å². The molecule has 0 bridgehead atoms. The summed E-state index contributed by atoms with van der Waals surface area (Å²) in [7, 11) is -4.51. The Morgan fingerprint density at radius 2 is 2.08 bits per heavy atom. The van der Waals surface area contributed by atoms with Crippen molar-refractivity contribution in [1.82, 2.24) is 5.32 Å². The second-order valence-corrected chi connectivity index (χ2v) is 6.19. The Labute approximate surface area is 71.8 Å². The topological polar surface area (TPSA) is 107 Å². The van der Waals surface area contributed by atoms with Crippen molar-refractivity contribution in [2.45, 2.75) is 10.9 Å². The van der Waals surface area contributed by atoms with E-state index in [1.807, 2.05) is 0 Å². The van der Waals surface area contributed by atoms with E-state index in [1.54, 1.807) is 0 Å². The molecule has 1 rings (SSSR count). The molecule has 2 atom stereocenters. The Hall–Kier alpha value is 0.220. The molecule has 0 radical (unpaired) electrons. The largest absolute Gasteiger partial charge is 0.347 e. The van der Waals surface area contributed by atoms with Gasteiger partial charge in [0.05, 0.1) is 0 Å². The van der Waals surface area contributed by atoms with Crippen LogP contribution in [0.3, 0.4) is 0 Å². The monoisotopic (exact) mass is 215 g/mol. The van der Waals surface area contributed by atoms with E-state index in [1.165, 1.54) is 0 Å². The highest BCUT2D eigenvalue weighted by molar-refractivity contribution is 7.90. The molecular weight excluding hydrogens is 205 g/mol. The predicted octanol–water partition coefficient (Wildman–Crippen LogP) is -0.925. The highest BCUT2D eigenvalue weighted by Gasteiger charge is 2.54. The second kappa shape index (κ2) is 3.17. The molecule has 1 saturated heterocycles. The van der Waals surface area contributed by atoms with Crippen LogP contribution in [-0.4, -0.2) is 36.1 Å². The van der Waals surface area contributed by atoms with Gasteiger partial charge in [0.2, 0.25) is 0 Å². The summed E-state index contributed by atoms with van der Waals surface area (Å²) in [6.45, 7) is 0.248. The summed E-state index contributed by atoms with van der Waals surface area (Å²) in [5, 5.41) is 2.66. The lowest BCUT2D eigenvalue weighted by Gasteiger charge is -2.24. The van der Waals surface area contributed by atoms with Gasteiger partial charge in [-0.3, -0.25) is 4.57 Å². The SMILES string of the molecule is O=S(O)C1(P(=O)(O)O)CCNC1. The van der Waals surface area contributed by atoms with Crippen LogP contribution in [0.4, 0.5) is 0 Å². The van der Waals surface area contributed by atoms with Gasteiger partial charge in [-0.2, -0.15) is 0 Å². The zero-order valence-corrected chi connectivity index (χ0v) is 7.85. The van der Waals surface area contributed by atoms with Gasteiger partial charge in [0.15, 0.2) is 15.6 Å². The second-order valence-electron chi connectivity index (χ2n) is 2.67. The van der Waals surface area contributed by atoms with Crippen LogP contribution >= 0.6 is 7.60 Å². The highest BCUT2D eigenvalue weighted by atomic mass is 32.2. The molecule has 1 heterocycles. The van der Waals surface area contributed by atoms with Crippen molar-refractivity contribution in [2.75, 3.05) is 13.1 Å². The van der Waals surface area contributed by atoms with Gasteiger partial charge in [0.1, 0.15) is 0 Å². The van der Waals surface area contributed by atoms with Crippen LogP contribution in [0.15, 0.2) is 0 Å². The summed E-state index contributed by atoms with van der Waals surface area (Å²) in [5.74, 6) is 0. The van der Waals surface area contributed by atoms with Gasteiger partial charge in [-0.05, 0) is 13.0 Å². The molecule has 8 heteroatoms. The molecule has 0 aromatic heterocycles. The molecule has 12 heavy (non-hydrogen) atoms. The fourth-order valence-corrected chi connectivity index (χ4v) is 3.19. The van der Waals surface area contributed by atoms with Gasteiger partial charge in [0.25, 0.3) is 0 Å². The van der Waals surface area contributed by atoms with Gasteiger partial charge in [0, 0.05) is 6.54 Å². The van der Waals surface area contributed by atoms with Crippen molar-refractivity contribution in [1.29, 1.82) is 0 Å². The van der Waals surface area contributed by atoms with Crippen LogP contribution in [0.1, 0.15) is 6.42 Å². The zero-order valence-electron chi connectivity index (χ0n) is 6.13. The third-order valence-electron chi connectivity index (χ3n) is 1.95. The molecular formula is C4H10NO5PS. The van der Waals surface area contributed by atoms with Crippen molar-refractivity contribution in [3.05, 3.63) is 0 Å². The Morgan fingerprint density at radius 3 is 2.25 bits per heavy atom. The first kappa shape index (κ1) is 10.3. The fraction of sp³-hybridized carbons (Fsp3) is 1.00. The molecule has 4 N–H and O–H groups in total. The highest BCUT2D eigenvalue weighted by Crippen LogP contribution is 2.55. The van der Waals surface area contributed by atoms with Gasteiger partial charge in [-0.15, -0.1) is 0 Å². The fourth-order valence-electron chi connectivity index (χ4n) is 1.16. The molecule has 0 aromatic carbocycles. The van der Waals surface area contributed by atoms with E-state index in [-0.39, 0.29) is 13.0 Å². The van der Waals surface area contributed by atoms with E-state index in [2.05, 4.69) is 5.32 Å². The maximum atomic E-state index is 10.9. The van der Waals surface area contributed by atoms with Gasteiger partial charge in [-0.1, -0.05) is 0 Å². The maximum Gasteiger partial charge on any atom is 0.347 e. The van der Waals surface area contributed by atoms with E-state index in [9.17, 15) is 8.77 Å². The van der Waals surface area contributed by atoms with Crippen molar-refractivity contribution < 1.29 is 23.1 Å². The zero-order chi connectivity index (χ0) is 9.41. The molecule has 1 fully saturated rings. The molecule has 1 aliphatic rings. The predicted molar refractivity (Wildman–Crippen MR) is 43.0 cm³/mol. The molecule has 0 saturated carbocycles. The molecule has 0 aromatic rings. The Morgan fingerprint density at radius 1 is 1.50 bits per heavy atom. The summed E-state index contributed by atoms with van der Waals surface area (Å²) in [5.41, 5.74) is 0. The molecule has 72 valence electrons. The first-order valence-electron chi connectivity index (χ1n) is 3.27. The van der Waals surface area contributed by atoms with Crippen LogP contribution < -0.4 is 5.32 Å². The van der Waals surface area contributed by atoms with E-state index in [4.69, 9.17) is 14.3 Å². The summed E-state index contributed by atoms with van der Waals surface area (Å²) in [4.78, 5) is 17.7. The summed E-state index contributed by atoms with van der Waals surface area (Å²) >= 11 is -2.49. The molecule has 6 nitrogen and oxygen atoms in total. The van der Waals surface area contributed by atoms with Crippen LogP contribution in [0.5, 0.6) is 0 Å². The number of hydrogen-bond acceptors (Lipinski definition) is 3. The molecule has 0 spiro atoms. The van der Waals surface area contributed by atoms with Crippen LogP contribution in [-0.2, 0) is 15.6 Å². The van der Waals surface area contributed by atoms with Crippen molar-refractivity contribution in [3.63, 3.8) is 0 Å². The third kappa shape index (κ3) is 1.48. The minimum atomic E-state index is -4.51. The smallest absolute Gasteiger partial charge is 0.323 e. The van der Waals surface area contributed by atoms with E-state index < -0.39 is 23.2 Å². The molecule has 1 aliphatic heterocycles. The van der Waals surface area contributed by atoms with Crippen LogP contribution in [0.2, 0.25) is 0 Å². The van der Waals surface area contributed by atoms with E-state index in [0.717, 1.165) is 0 Å². The molecule has 2 unspecified atom stereocenters. The van der Waals surface area contributed by atoms with E-state index in [0.29, 0.717) is 6.54 Å². The first-order chi connectivity index (χ1) is 5.40. The maximum absolute atomic E-state index is 10.9. The van der Waals surface area contributed by atoms with Crippen molar-refractivity contribution >= 4 is 18.7 Å². The average Bonchev–Trinajstić information content (AvgIpc) is 2.31. The lowest BCUT2D eigenvalue weighted by molar-refractivity contribution is 0.349. The number of rotatable bonds is 2. The lowest BCUT2D eigenvalue weighted by atomic mass is 10.4. The summed E-state index contributed by atoms with van der Waals surface area (Å²) < 4.78 is 28.6. The standard InChI is InChI=1S/C4H10NO5PS/c6-11(7,8)4(12(9)10)1-2-5-3-4/h5H,1-3H2,(H,9,10)(H2,6,7,8). The minimum Gasteiger partial charge on any atom is -0.323 e. The Bertz CT molecular complexity index is 244. The summed E-state index contributed by atoms with van der Waals surface area (Å²) in [6, 6.07) is 0. The van der Waals surface area contributed by atoms with Crippen LogP contribution in [0, 0.1) is 0 Å². The van der Waals surface area contributed by atoms with Gasteiger partial charge >= 0.3 is 7.60 Å². The lowest BCUT2D eigenvalue weighted by Crippen LogP contribution is -2.36. The van der Waals surface area contributed by atoms with Crippen LogP contribution in [0.25, 0.3) is 0 Å². The normalized spacial score (nSPS) is 33.6. The molecule has 0 amide bonds. The van der Waals surface area contributed by atoms with Crippen molar-refractivity contribution in [2.24, 2.45) is 0 Å².